The molecule has 0 unspecified atom stereocenters. The molecule has 0 heterocycles. The van der Waals surface area contributed by atoms with Crippen LogP contribution in [0, 0.1) is 0 Å². The van der Waals surface area contributed by atoms with Gasteiger partial charge in [0.25, 0.3) is 0 Å². The number of alkyl halides is 6. The van der Waals surface area contributed by atoms with Crippen molar-refractivity contribution < 1.29 is 39.6 Å². The van der Waals surface area contributed by atoms with Gasteiger partial charge in [-0.25, -0.2) is 0 Å². The minimum absolute atomic E-state index is 0.350. The Kier molecular flexibility index (Phi) is 7.33. The Morgan fingerprint density at radius 3 is 1.68 bits per heavy atom. The summed E-state index contributed by atoms with van der Waals surface area (Å²) in [6, 6.07) is -0.518. The Bertz CT molecular complexity index is 251. The van der Waals surface area contributed by atoms with Crippen molar-refractivity contribution in [2.45, 2.75) is 37.7 Å². The zero-order valence-corrected chi connectivity index (χ0v) is 11.5. The van der Waals surface area contributed by atoms with Gasteiger partial charge in [-0.1, -0.05) is 0 Å². The third-order valence-corrected chi connectivity index (χ3v) is 5.01. The molecule has 19 heavy (non-hydrogen) atoms. The molecule has 10 heteroatoms. The van der Waals surface area contributed by atoms with E-state index in [9.17, 15) is 26.3 Å². The first kappa shape index (κ1) is 18.7. The maximum Gasteiger partial charge on any atom is 0.500 e. The minimum Gasteiger partial charge on any atom is -0.377 e. The largest absolute Gasteiger partial charge is 0.500 e. The summed E-state index contributed by atoms with van der Waals surface area (Å²) in [7, 11) is -1.30. The molecule has 0 aliphatic carbocycles. The first-order chi connectivity index (χ1) is 8.54. The van der Waals surface area contributed by atoms with Crippen molar-refractivity contribution in [2.24, 2.45) is 0 Å². The number of hydrogen-bond donors (Lipinski definition) is 0. The predicted molar refractivity (Wildman–Crippen MR) is 56.5 cm³/mol. The summed E-state index contributed by atoms with van der Waals surface area (Å²) in [6.45, 7) is -0.356. The topological polar surface area (TPSA) is 27.7 Å². The van der Waals surface area contributed by atoms with Gasteiger partial charge in [-0.15, -0.1) is 0 Å². The third kappa shape index (κ3) is 9.25. The quantitative estimate of drug-likeness (QED) is 0.390. The maximum atomic E-state index is 12.1. The molecule has 0 aliphatic heterocycles. The second-order valence-corrected chi connectivity index (χ2v) is 6.74. The van der Waals surface area contributed by atoms with E-state index < -0.39 is 40.0 Å². The van der Waals surface area contributed by atoms with Gasteiger partial charge in [0.1, 0.15) is 0 Å². The molecule has 0 aliphatic rings. The first-order valence-corrected chi connectivity index (χ1v) is 7.34. The summed E-state index contributed by atoms with van der Waals surface area (Å²) in [4.78, 5) is 0. The molecule has 0 amide bonds. The fourth-order valence-electron chi connectivity index (χ4n) is 1.27. The van der Waals surface area contributed by atoms with Gasteiger partial charge in [-0.2, -0.15) is 26.3 Å². The van der Waals surface area contributed by atoms with Gasteiger partial charge < -0.3 is 13.3 Å². The molecular formula is C9H16F6O3Si. The van der Waals surface area contributed by atoms with Crippen LogP contribution in [0.1, 0.15) is 19.3 Å². The molecule has 0 aromatic rings. The Balaban J connectivity index is 4.23. The molecule has 0 atom stereocenters. The lowest BCUT2D eigenvalue weighted by atomic mass is 10.3. The highest BCUT2D eigenvalue weighted by atomic mass is 28.4. The molecule has 0 bridgehead atoms. The van der Waals surface area contributed by atoms with Crippen molar-refractivity contribution in [3.05, 3.63) is 0 Å². The summed E-state index contributed by atoms with van der Waals surface area (Å²) in [5, 5.41) is 0. The summed E-state index contributed by atoms with van der Waals surface area (Å²) >= 11 is 0. The van der Waals surface area contributed by atoms with Crippen LogP contribution in [-0.4, -0.2) is 42.0 Å². The summed E-state index contributed by atoms with van der Waals surface area (Å²) < 4.78 is 86.7. The Morgan fingerprint density at radius 1 is 0.842 bits per heavy atom. The van der Waals surface area contributed by atoms with E-state index in [0.29, 0.717) is 0 Å². The standard InChI is InChI=1S/C9H16F6O3Si/c1-16-19(17-2,7-5-9(13,14)15)18-6-3-4-8(10,11)12/h3-7H2,1-2H3. The van der Waals surface area contributed by atoms with E-state index in [1.807, 2.05) is 0 Å². The Labute approximate surface area is 108 Å². The van der Waals surface area contributed by atoms with Crippen molar-refractivity contribution in [3.63, 3.8) is 0 Å². The van der Waals surface area contributed by atoms with Gasteiger partial charge in [0.2, 0.25) is 0 Å². The van der Waals surface area contributed by atoms with Crippen molar-refractivity contribution >= 4 is 8.80 Å². The van der Waals surface area contributed by atoms with Crippen LogP contribution in [-0.2, 0) is 13.3 Å². The van der Waals surface area contributed by atoms with E-state index in [1.54, 1.807) is 0 Å². The van der Waals surface area contributed by atoms with Crippen molar-refractivity contribution in [2.75, 3.05) is 20.8 Å². The highest BCUT2D eigenvalue weighted by Crippen LogP contribution is 2.28. The van der Waals surface area contributed by atoms with Gasteiger partial charge in [-0.3, -0.25) is 0 Å². The smallest absolute Gasteiger partial charge is 0.377 e. The van der Waals surface area contributed by atoms with E-state index in [4.69, 9.17) is 13.3 Å². The molecule has 3 nitrogen and oxygen atoms in total. The van der Waals surface area contributed by atoms with Crippen LogP contribution in [0.25, 0.3) is 0 Å². The second-order valence-electron chi connectivity index (χ2n) is 3.77. The van der Waals surface area contributed by atoms with Crippen LogP contribution in [0.15, 0.2) is 0 Å². The lowest BCUT2D eigenvalue weighted by Gasteiger charge is -2.26. The molecule has 0 spiro atoms. The molecule has 0 saturated heterocycles. The third-order valence-electron chi connectivity index (χ3n) is 2.26. The van der Waals surface area contributed by atoms with Crippen LogP contribution >= 0.6 is 0 Å². The maximum absolute atomic E-state index is 12.1. The molecule has 0 saturated carbocycles. The van der Waals surface area contributed by atoms with Gasteiger partial charge >= 0.3 is 21.2 Å². The zero-order chi connectivity index (χ0) is 15.2. The van der Waals surface area contributed by atoms with Crippen LogP contribution in [0.2, 0.25) is 6.04 Å². The molecule has 0 rings (SSSR count). The van der Waals surface area contributed by atoms with Crippen LogP contribution < -0.4 is 0 Å². The van der Waals surface area contributed by atoms with E-state index >= 15 is 0 Å². The average molecular weight is 314 g/mol. The van der Waals surface area contributed by atoms with Gasteiger partial charge in [0.15, 0.2) is 0 Å². The van der Waals surface area contributed by atoms with E-state index in [0.717, 1.165) is 14.2 Å². The molecule has 0 aromatic heterocycles. The fourth-order valence-corrected chi connectivity index (χ4v) is 3.27. The summed E-state index contributed by atoms with van der Waals surface area (Å²) in [5.41, 5.74) is 0. The number of hydrogen-bond acceptors (Lipinski definition) is 3. The van der Waals surface area contributed by atoms with Crippen LogP contribution in [0.3, 0.4) is 0 Å². The fraction of sp³-hybridized carbons (Fsp3) is 1.00. The molecule has 0 radical (unpaired) electrons. The monoisotopic (exact) mass is 314 g/mol. The highest BCUT2D eigenvalue weighted by Gasteiger charge is 2.43. The minimum atomic E-state index is -4.40. The molecule has 0 fully saturated rings. The lowest BCUT2D eigenvalue weighted by molar-refractivity contribution is -0.137. The van der Waals surface area contributed by atoms with Crippen LogP contribution in [0.5, 0.6) is 0 Å². The van der Waals surface area contributed by atoms with Crippen LogP contribution in [0.4, 0.5) is 26.3 Å². The van der Waals surface area contributed by atoms with E-state index in [1.165, 1.54) is 0 Å². The predicted octanol–water partition coefficient (Wildman–Crippen LogP) is 3.53. The summed E-state index contributed by atoms with van der Waals surface area (Å²) in [6.07, 6.45) is -11.3. The summed E-state index contributed by atoms with van der Waals surface area (Å²) in [5.74, 6) is 0. The van der Waals surface area contributed by atoms with Crippen molar-refractivity contribution in [3.8, 4) is 0 Å². The Morgan fingerprint density at radius 2 is 1.32 bits per heavy atom. The molecule has 0 aromatic carbocycles. The van der Waals surface area contributed by atoms with Gasteiger partial charge in [-0.05, 0) is 6.42 Å². The normalized spacial score (nSPS) is 13.9. The molecule has 116 valence electrons. The zero-order valence-electron chi connectivity index (χ0n) is 10.5. The highest BCUT2D eigenvalue weighted by molar-refractivity contribution is 6.60. The molecule has 0 N–H and O–H groups in total. The van der Waals surface area contributed by atoms with Gasteiger partial charge in [0, 0.05) is 39.7 Å². The first-order valence-electron chi connectivity index (χ1n) is 5.41. The Hall–Kier alpha value is -0.323. The lowest BCUT2D eigenvalue weighted by Crippen LogP contribution is -2.45. The van der Waals surface area contributed by atoms with E-state index in [2.05, 4.69) is 0 Å². The number of halogens is 6. The average Bonchev–Trinajstić information content (AvgIpc) is 2.26. The van der Waals surface area contributed by atoms with Gasteiger partial charge in [0.05, 0.1) is 0 Å². The SMILES string of the molecule is CO[Si](CCC(F)(F)F)(OC)OCCCC(F)(F)F. The molecular weight excluding hydrogens is 298 g/mol. The van der Waals surface area contributed by atoms with E-state index in [-0.39, 0.29) is 13.0 Å². The number of rotatable bonds is 8. The second kappa shape index (κ2) is 7.46. The van der Waals surface area contributed by atoms with Crippen molar-refractivity contribution in [1.29, 1.82) is 0 Å². The van der Waals surface area contributed by atoms with Crippen molar-refractivity contribution in [1.82, 2.24) is 0 Å².